The number of rotatable bonds is 7. The van der Waals surface area contributed by atoms with E-state index in [4.69, 9.17) is 0 Å². The van der Waals surface area contributed by atoms with Gasteiger partial charge in [-0.15, -0.1) is 0 Å². The molecule has 0 fully saturated rings. The molecule has 102 valence electrons. The van der Waals surface area contributed by atoms with Gasteiger partial charge in [0.05, 0.1) is 16.4 Å². The molecule has 1 N–H and O–H groups in total. The summed E-state index contributed by atoms with van der Waals surface area (Å²) in [4.78, 5) is 3.97. The Morgan fingerprint density at radius 2 is 2.22 bits per heavy atom. The molecule has 0 saturated heterocycles. The van der Waals surface area contributed by atoms with Crippen LogP contribution in [0.5, 0.6) is 0 Å². The van der Waals surface area contributed by atoms with Gasteiger partial charge in [0.15, 0.2) is 0 Å². The molecule has 0 saturated carbocycles. The zero-order valence-corrected chi connectivity index (χ0v) is 13.0. The van der Waals surface area contributed by atoms with Gasteiger partial charge in [-0.05, 0) is 28.4 Å². The fraction of sp³-hybridized carbons (Fsp3) is 0.545. The van der Waals surface area contributed by atoms with Crippen LogP contribution in [0.25, 0.3) is 0 Å². The first-order valence-electron chi connectivity index (χ1n) is 5.73. The van der Waals surface area contributed by atoms with Gasteiger partial charge >= 0.3 is 0 Å². The van der Waals surface area contributed by atoms with Gasteiger partial charge in [-0.1, -0.05) is 6.92 Å². The highest BCUT2D eigenvalue weighted by atomic mass is 79.9. The van der Waals surface area contributed by atoms with Gasteiger partial charge in [0.25, 0.3) is 0 Å². The Morgan fingerprint density at radius 1 is 1.50 bits per heavy atom. The number of nitrogens with one attached hydrogen (secondary N) is 1. The summed E-state index contributed by atoms with van der Waals surface area (Å²) in [6.45, 7) is 3.60. The first-order chi connectivity index (χ1) is 8.45. The Bertz CT molecular complexity index is 479. The predicted molar refractivity (Wildman–Crippen MR) is 77.1 cm³/mol. The highest BCUT2D eigenvalue weighted by Crippen LogP contribution is 2.19. The predicted octanol–water partition coefficient (Wildman–Crippen LogP) is 1.93. The minimum atomic E-state index is -3.08. The molecule has 18 heavy (non-hydrogen) atoms. The zero-order valence-electron chi connectivity index (χ0n) is 10.6. The first kappa shape index (κ1) is 15.4. The maximum absolute atomic E-state index is 11.4. The summed E-state index contributed by atoms with van der Waals surface area (Å²) in [5.41, 5.74) is 0.965. The summed E-state index contributed by atoms with van der Waals surface area (Å²) in [6.07, 6.45) is 5.43. The largest absolute Gasteiger partial charge is 0.384 e. The number of sulfonamides is 1. The lowest BCUT2D eigenvalue weighted by Gasteiger charge is -2.17. The molecule has 1 rings (SSSR count). The molecule has 0 atom stereocenters. The number of hydrogen-bond acceptors (Lipinski definition) is 4. The molecular weight excluding hydrogens is 318 g/mol. The molecule has 0 radical (unpaired) electrons. The summed E-state index contributed by atoms with van der Waals surface area (Å²) in [6, 6.07) is 1.87. The van der Waals surface area contributed by atoms with E-state index in [1.54, 1.807) is 12.4 Å². The van der Waals surface area contributed by atoms with Crippen LogP contribution >= 0.6 is 15.9 Å². The molecule has 0 aromatic carbocycles. The van der Waals surface area contributed by atoms with Crippen molar-refractivity contribution in [3.05, 3.63) is 22.9 Å². The van der Waals surface area contributed by atoms with Crippen LogP contribution in [0.1, 0.15) is 13.3 Å². The van der Waals surface area contributed by atoms with Crippen LogP contribution in [0.3, 0.4) is 0 Å². The van der Waals surface area contributed by atoms with Crippen LogP contribution in [0.15, 0.2) is 22.9 Å². The SMILES string of the molecule is CCN(CCCNc1ccncc1Br)S(C)(=O)=O. The molecule has 1 heterocycles. The Balaban J connectivity index is 2.37. The van der Waals surface area contributed by atoms with Crippen molar-refractivity contribution in [2.75, 3.05) is 31.2 Å². The van der Waals surface area contributed by atoms with E-state index in [9.17, 15) is 8.42 Å². The van der Waals surface area contributed by atoms with E-state index in [1.807, 2.05) is 13.0 Å². The second-order valence-corrected chi connectivity index (χ2v) is 6.73. The molecular formula is C11H18BrN3O2S. The number of halogens is 1. The number of aromatic nitrogens is 1. The normalized spacial score (nSPS) is 11.8. The lowest BCUT2D eigenvalue weighted by Crippen LogP contribution is -2.31. The second-order valence-electron chi connectivity index (χ2n) is 3.89. The van der Waals surface area contributed by atoms with E-state index in [2.05, 4.69) is 26.2 Å². The molecule has 0 aliphatic rings. The maximum atomic E-state index is 11.4. The van der Waals surface area contributed by atoms with Crippen LogP contribution in [-0.2, 0) is 10.0 Å². The molecule has 7 heteroatoms. The fourth-order valence-corrected chi connectivity index (χ4v) is 2.88. The zero-order chi connectivity index (χ0) is 13.6. The standard InChI is InChI=1S/C11H18BrN3O2S/c1-3-15(18(2,16)17)8-4-6-14-11-5-7-13-9-10(11)12/h5,7,9H,3-4,6,8H2,1-2H3,(H,13,14). The van der Waals surface area contributed by atoms with Gasteiger partial charge in [-0.2, -0.15) is 0 Å². The monoisotopic (exact) mass is 335 g/mol. The minimum absolute atomic E-state index is 0.512. The molecule has 0 aliphatic heterocycles. The van der Waals surface area contributed by atoms with E-state index in [0.29, 0.717) is 19.6 Å². The van der Waals surface area contributed by atoms with Crippen LogP contribution in [0, 0.1) is 0 Å². The number of pyridine rings is 1. The maximum Gasteiger partial charge on any atom is 0.211 e. The van der Waals surface area contributed by atoms with Crippen molar-refractivity contribution in [1.29, 1.82) is 0 Å². The Morgan fingerprint density at radius 3 is 2.78 bits per heavy atom. The van der Waals surface area contributed by atoms with Gasteiger partial charge in [-0.25, -0.2) is 12.7 Å². The summed E-state index contributed by atoms with van der Waals surface area (Å²) in [7, 11) is -3.08. The van der Waals surface area contributed by atoms with E-state index in [1.165, 1.54) is 10.6 Å². The van der Waals surface area contributed by atoms with Crippen molar-refractivity contribution in [3.63, 3.8) is 0 Å². The van der Waals surface area contributed by atoms with Crippen LogP contribution in [0.4, 0.5) is 5.69 Å². The number of anilines is 1. The number of nitrogens with zero attached hydrogens (tertiary/aromatic N) is 2. The second kappa shape index (κ2) is 7.06. The topological polar surface area (TPSA) is 62.3 Å². The Hall–Kier alpha value is -0.660. The highest BCUT2D eigenvalue weighted by Gasteiger charge is 2.13. The molecule has 0 aliphatic carbocycles. The van der Waals surface area contributed by atoms with E-state index >= 15 is 0 Å². The average Bonchev–Trinajstić information content (AvgIpc) is 2.29. The third-order valence-corrected chi connectivity index (χ3v) is 4.50. The van der Waals surface area contributed by atoms with Crippen molar-refractivity contribution in [2.24, 2.45) is 0 Å². The first-order valence-corrected chi connectivity index (χ1v) is 8.37. The van der Waals surface area contributed by atoms with Crippen molar-refractivity contribution in [2.45, 2.75) is 13.3 Å². The van der Waals surface area contributed by atoms with Gasteiger partial charge in [0.1, 0.15) is 0 Å². The summed E-state index contributed by atoms with van der Waals surface area (Å²) in [5, 5.41) is 3.24. The Kier molecular flexibility index (Phi) is 6.04. The Labute approximate surface area is 117 Å². The van der Waals surface area contributed by atoms with Crippen LogP contribution in [-0.4, -0.2) is 43.6 Å². The lowest BCUT2D eigenvalue weighted by atomic mass is 10.3. The van der Waals surface area contributed by atoms with Crippen molar-refractivity contribution < 1.29 is 8.42 Å². The van der Waals surface area contributed by atoms with E-state index in [-0.39, 0.29) is 0 Å². The van der Waals surface area contributed by atoms with Crippen molar-refractivity contribution >= 4 is 31.6 Å². The molecule has 0 amide bonds. The molecule has 0 spiro atoms. The highest BCUT2D eigenvalue weighted by molar-refractivity contribution is 9.10. The lowest BCUT2D eigenvalue weighted by molar-refractivity contribution is 0.429. The smallest absolute Gasteiger partial charge is 0.211 e. The molecule has 0 bridgehead atoms. The summed E-state index contributed by atoms with van der Waals surface area (Å²) < 4.78 is 25.1. The van der Waals surface area contributed by atoms with E-state index in [0.717, 1.165) is 16.6 Å². The molecule has 5 nitrogen and oxygen atoms in total. The number of hydrogen-bond donors (Lipinski definition) is 1. The third kappa shape index (κ3) is 4.91. The summed E-state index contributed by atoms with van der Waals surface area (Å²) >= 11 is 3.39. The summed E-state index contributed by atoms with van der Waals surface area (Å²) in [5.74, 6) is 0. The van der Waals surface area contributed by atoms with Crippen molar-refractivity contribution in [3.8, 4) is 0 Å². The van der Waals surface area contributed by atoms with Gasteiger partial charge in [0.2, 0.25) is 10.0 Å². The van der Waals surface area contributed by atoms with Gasteiger partial charge in [0, 0.05) is 32.0 Å². The third-order valence-electron chi connectivity index (χ3n) is 2.49. The molecule has 1 aromatic heterocycles. The fourth-order valence-electron chi connectivity index (χ4n) is 1.56. The minimum Gasteiger partial charge on any atom is -0.384 e. The quantitative estimate of drug-likeness (QED) is 0.773. The molecule has 1 aromatic rings. The van der Waals surface area contributed by atoms with Crippen LogP contribution < -0.4 is 5.32 Å². The molecule has 0 unspecified atom stereocenters. The van der Waals surface area contributed by atoms with E-state index < -0.39 is 10.0 Å². The van der Waals surface area contributed by atoms with Crippen LogP contribution in [0.2, 0.25) is 0 Å². The van der Waals surface area contributed by atoms with Gasteiger partial charge in [-0.3, -0.25) is 4.98 Å². The average molecular weight is 336 g/mol. The van der Waals surface area contributed by atoms with Gasteiger partial charge < -0.3 is 5.32 Å². The van der Waals surface area contributed by atoms with Crippen molar-refractivity contribution in [1.82, 2.24) is 9.29 Å².